The third kappa shape index (κ3) is 5.18. The van der Waals surface area contributed by atoms with Crippen molar-refractivity contribution in [2.75, 3.05) is 23.9 Å². The highest BCUT2D eigenvalue weighted by Gasteiger charge is 2.18. The van der Waals surface area contributed by atoms with Crippen LogP contribution in [0.1, 0.15) is 26.6 Å². The first-order valence-electron chi connectivity index (χ1n) is 5.54. The summed E-state index contributed by atoms with van der Waals surface area (Å²) in [5.74, 6) is 1.22. The van der Waals surface area contributed by atoms with Gasteiger partial charge in [0.1, 0.15) is 26.6 Å². The van der Waals surface area contributed by atoms with Gasteiger partial charge in [-0.2, -0.15) is 0 Å². The summed E-state index contributed by atoms with van der Waals surface area (Å²) in [4.78, 5) is 8.48. The van der Waals surface area contributed by atoms with Crippen molar-refractivity contribution in [3.63, 3.8) is 0 Å². The lowest BCUT2D eigenvalue weighted by Gasteiger charge is -2.17. The summed E-state index contributed by atoms with van der Waals surface area (Å²) in [5, 5.41) is 3.28. The third-order valence-electron chi connectivity index (χ3n) is 2.14. The topological polar surface area (TPSA) is 72.0 Å². The summed E-state index contributed by atoms with van der Waals surface area (Å²) < 4.78 is 22.0. The molecule has 1 heterocycles. The summed E-state index contributed by atoms with van der Waals surface area (Å²) in [5.41, 5.74) is -0.210. The van der Waals surface area contributed by atoms with Gasteiger partial charge >= 0.3 is 0 Å². The van der Waals surface area contributed by atoms with Gasteiger partial charge in [-0.05, 0) is 0 Å². The molecule has 0 atom stereocenters. The van der Waals surface area contributed by atoms with E-state index in [4.69, 9.17) is 11.6 Å². The number of hydrogen-bond donors (Lipinski definition) is 1. The Labute approximate surface area is 113 Å². The summed E-state index contributed by atoms with van der Waals surface area (Å²) in [7, 11) is -2.98. The van der Waals surface area contributed by atoms with Crippen LogP contribution in [0.4, 0.5) is 5.82 Å². The molecule has 0 fully saturated rings. The van der Waals surface area contributed by atoms with Gasteiger partial charge in [-0.25, -0.2) is 18.4 Å². The minimum Gasteiger partial charge on any atom is -0.369 e. The number of nitrogens with one attached hydrogen (secondary N) is 1. The average molecular weight is 292 g/mol. The predicted molar refractivity (Wildman–Crippen MR) is 73.9 cm³/mol. The molecule has 5 nitrogen and oxygen atoms in total. The molecule has 0 aromatic carbocycles. The average Bonchev–Trinajstić information content (AvgIpc) is 2.13. The number of nitrogens with zero attached hydrogens (tertiary/aromatic N) is 2. The number of anilines is 1. The minimum atomic E-state index is -2.98. The molecular weight excluding hydrogens is 274 g/mol. The van der Waals surface area contributed by atoms with E-state index in [1.165, 1.54) is 6.26 Å². The molecule has 0 saturated carbocycles. The van der Waals surface area contributed by atoms with Crippen molar-refractivity contribution in [1.29, 1.82) is 0 Å². The van der Waals surface area contributed by atoms with E-state index in [1.807, 2.05) is 20.8 Å². The van der Waals surface area contributed by atoms with Crippen LogP contribution < -0.4 is 5.32 Å². The van der Waals surface area contributed by atoms with E-state index in [2.05, 4.69) is 15.3 Å². The van der Waals surface area contributed by atoms with E-state index in [9.17, 15) is 8.42 Å². The maximum absolute atomic E-state index is 11.0. The Morgan fingerprint density at radius 1 is 1.33 bits per heavy atom. The van der Waals surface area contributed by atoms with Crippen molar-refractivity contribution in [1.82, 2.24) is 9.97 Å². The standard InChI is InChI=1S/C11H18ClN3O2S/c1-11(2,3)10-14-8(12)7-9(15-10)13-5-6-18(4,16)17/h7H,5-6H2,1-4H3,(H,13,14,15). The SMILES string of the molecule is CC(C)(C)c1nc(Cl)cc(NCCS(C)(=O)=O)n1. The van der Waals surface area contributed by atoms with Crippen LogP contribution in [0.15, 0.2) is 6.07 Å². The molecule has 1 aromatic heterocycles. The number of sulfone groups is 1. The molecule has 18 heavy (non-hydrogen) atoms. The van der Waals surface area contributed by atoms with Crippen molar-refractivity contribution < 1.29 is 8.42 Å². The Kier molecular flexibility index (Phi) is 4.55. The van der Waals surface area contributed by atoms with E-state index >= 15 is 0 Å². The summed E-state index contributed by atoms with van der Waals surface area (Å²) >= 11 is 5.92. The lowest BCUT2D eigenvalue weighted by Crippen LogP contribution is -2.19. The fourth-order valence-corrected chi connectivity index (χ4v) is 1.86. The first-order chi connectivity index (χ1) is 8.08. The molecule has 0 saturated heterocycles. The van der Waals surface area contributed by atoms with Crippen LogP contribution >= 0.6 is 11.6 Å². The second kappa shape index (κ2) is 5.40. The molecule has 1 aromatic rings. The van der Waals surface area contributed by atoms with Gasteiger partial charge in [0.25, 0.3) is 0 Å². The van der Waals surface area contributed by atoms with Crippen LogP contribution in [-0.4, -0.2) is 36.9 Å². The monoisotopic (exact) mass is 291 g/mol. The van der Waals surface area contributed by atoms with Crippen LogP contribution in [0.25, 0.3) is 0 Å². The van der Waals surface area contributed by atoms with Gasteiger partial charge in [-0.1, -0.05) is 32.4 Å². The van der Waals surface area contributed by atoms with Gasteiger partial charge < -0.3 is 5.32 Å². The van der Waals surface area contributed by atoms with E-state index in [-0.39, 0.29) is 11.2 Å². The smallest absolute Gasteiger partial charge is 0.149 e. The third-order valence-corrected chi connectivity index (χ3v) is 3.28. The zero-order chi connectivity index (χ0) is 14.0. The Bertz CT molecular complexity index is 524. The van der Waals surface area contributed by atoms with Gasteiger partial charge in [0.15, 0.2) is 0 Å². The predicted octanol–water partition coefficient (Wildman–Crippen LogP) is 1.88. The highest BCUT2D eigenvalue weighted by molar-refractivity contribution is 7.90. The molecule has 0 spiro atoms. The van der Waals surface area contributed by atoms with Crippen molar-refractivity contribution in [2.24, 2.45) is 0 Å². The van der Waals surface area contributed by atoms with Crippen LogP contribution in [0.2, 0.25) is 5.15 Å². The summed E-state index contributed by atoms with van der Waals surface area (Å²) in [6.07, 6.45) is 1.20. The number of rotatable bonds is 4. The van der Waals surface area contributed by atoms with Crippen molar-refractivity contribution in [3.05, 3.63) is 17.0 Å². The fourth-order valence-electron chi connectivity index (χ4n) is 1.21. The Hall–Kier alpha value is -0.880. The lowest BCUT2D eigenvalue weighted by atomic mass is 9.96. The van der Waals surface area contributed by atoms with E-state index in [0.29, 0.717) is 23.3 Å². The van der Waals surface area contributed by atoms with Gasteiger partial charge in [-0.3, -0.25) is 0 Å². The maximum atomic E-state index is 11.0. The lowest BCUT2D eigenvalue weighted by molar-refractivity contribution is 0.546. The fraction of sp³-hybridized carbons (Fsp3) is 0.636. The summed E-state index contributed by atoms with van der Waals surface area (Å²) in [6, 6.07) is 1.58. The largest absolute Gasteiger partial charge is 0.369 e. The molecule has 0 amide bonds. The van der Waals surface area contributed by atoms with E-state index < -0.39 is 9.84 Å². The second-order valence-corrected chi connectivity index (χ2v) is 7.85. The van der Waals surface area contributed by atoms with Gasteiger partial charge in [0, 0.05) is 24.3 Å². The highest BCUT2D eigenvalue weighted by Crippen LogP contribution is 2.22. The first-order valence-corrected chi connectivity index (χ1v) is 7.98. The van der Waals surface area contributed by atoms with E-state index in [0.717, 1.165) is 0 Å². The first kappa shape index (κ1) is 15.2. The number of hydrogen-bond acceptors (Lipinski definition) is 5. The Morgan fingerprint density at radius 2 is 1.94 bits per heavy atom. The molecule has 0 unspecified atom stereocenters. The zero-order valence-corrected chi connectivity index (χ0v) is 12.6. The Balaban J connectivity index is 2.81. The molecule has 0 radical (unpaired) electrons. The van der Waals surface area contributed by atoms with E-state index in [1.54, 1.807) is 6.07 Å². The van der Waals surface area contributed by atoms with Crippen molar-refractivity contribution >= 4 is 27.3 Å². The number of aromatic nitrogens is 2. The molecule has 1 N–H and O–H groups in total. The van der Waals surface area contributed by atoms with Crippen LogP contribution in [0.5, 0.6) is 0 Å². The molecule has 0 aliphatic heterocycles. The minimum absolute atomic E-state index is 0.0550. The molecule has 7 heteroatoms. The van der Waals surface area contributed by atoms with Crippen LogP contribution in [-0.2, 0) is 15.3 Å². The molecule has 0 aliphatic carbocycles. The second-order valence-electron chi connectivity index (χ2n) is 5.21. The maximum Gasteiger partial charge on any atom is 0.149 e. The van der Waals surface area contributed by atoms with Gasteiger partial charge in [0.05, 0.1) is 5.75 Å². The molecule has 102 valence electrons. The van der Waals surface area contributed by atoms with Crippen molar-refractivity contribution in [3.8, 4) is 0 Å². The molecule has 0 aliphatic rings. The van der Waals surface area contributed by atoms with Gasteiger partial charge in [0.2, 0.25) is 0 Å². The zero-order valence-electron chi connectivity index (χ0n) is 11.0. The van der Waals surface area contributed by atoms with Crippen molar-refractivity contribution in [2.45, 2.75) is 26.2 Å². The quantitative estimate of drug-likeness (QED) is 0.858. The molecule has 1 rings (SSSR count). The number of halogens is 1. The normalized spacial score (nSPS) is 12.5. The highest BCUT2D eigenvalue weighted by atomic mass is 35.5. The molecular formula is C11H18ClN3O2S. The molecule has 0 bridgehead atoms. The Morgan fingerprint density at radius 3 is 2.44 bits per heavy atom. The summed E-state index contributed by atoms with van der Waals surface area (Å²) in [6.45, 7) is 6.26. The van der Waals surface area contributed by atoms with Crippen LogP contribution in [0, 0.1) is 0 Å². The van der Waals surface area contributed by atoms with Crippen LogP contribution in [0.3, 0.4) is 0 Å². The van der Waals surface area contributed by atoms with Gasteiger partial charge in [-0.15, -0.1) is 0 Å².